The summed E-state index contributed by atoms with van der Waals surface area (Å²) in [6.07, 6.45) is 3.66. The van der Waals surface area contributed by atoms with Crippen LogP contribution in [0.3, 0.4) is 0 Å². The molecule has 3 unspecified atom stereocenters. The molecule has 98 valence electrons. The van der Waals surface area contributed by atoms with E-state index < -0.39 is 5.54 Å². The number of piperidine rings is 1. The summed E-state index contributed by atoms with van der Waals surface area (Å²) < 4.78 is 0. The van der Waals surface area contributed by atoms with Gasteiger partial charge in [0, 0.05) is 19.1 Å². The lowest BCUT2D eigenvalue weighted by molar-refractivity contribution is 0.102. The van der Waals surface area contributed by atoms with Gasteiger partial charge in [-0.25, -0.2) is 0 Å². The highest BCUT2D eigenvalue weighted by Crippen LogP contribution is 2.23. The quantitative estimate of drug-likeness (QED) is 0.798. The van der Waals surface area contributed by atoms with E-state index in [2.05, 4.69) is 37.1 Å². The molecule has 3 nitrogen and oxygen atoms in total. The van der Waals surface area contributed by atoms with Gasteiger partial charge < -0.3 is 0 Å². The van der Waals surface area contributed by atoms with Gasteiger partial charge in [0.1, 0.15) is 5.54 Å². The number of rotatable bonds is 5. The second-order valence-electron chi connectivity index (χ2n) is 5.83. The maximum atomic E-state index is 9.36. The van der Waals surface area contributed by atoms with Gasteiger partial charge in [-0.15, -0.1) is 0 Å². The van der Waals surface area contributed by atoms with Crippen molar-refractivity contribution in [3.8, 4) is 6.07 Å². The normalized spacial score (nSPS) is 29.6. The van der Waals surface area contributed by atoms with Gasteiger partial charge in [-0.3, -0.25) is 10.2 Å². The molecule has 1 heterocycles. The van der Waals surface area contributed by atoms with Crippen molar-refractivity contribution in [2.45, 2.75) is 58.5 Å². The monoisotopic (exact) mass is 237 g/mol. The van der Waals surface area contributed by atoms with E-state index in [-0.39, 0.29) is 0 Å². The summed E-state index contributed by atoms with van der Waals surface area (Å²) in [6.45, 7) is 11.6. The zero-order chi connectivity index (χ0) is 12.9. The first-order valence-electron chi connectivity index (χ1n) is 6.91. The fourth-order valence-corrected chi connectivity index (χ4v) is 2.54. The molecule has 0 aromatic carbocycles. The number of nitrogens with one attached hydrogen (secondary N) is 1. The number of nitriles is 1. The lowest BCUT2D eigenvalue weighted by atomic mass is 9.92. The Morgan fingerprint density at radius 2 is 2.12 bits per heavy atom. The molecule has 1 aliphatic heterocycles. The molecule has 1 rings (SSSR count). The second-order valence-corrected chi connectivity index (χ2v) is 5.83. The van der Waals surface area contributed by atoms with E-state index >= 15 is 0 Å². The Balaban J connectivity index is 2.57. The van der Waals surface area contributed by atoms with E-state index in [0.717, 1.165) is 32.0 Å². The summed E-state index contributed by atoms with van der Waals surface area (Å²) in [6, 6.07) is 3.06. The van der Waals surface area contributed by atoms with E-state index in [0.29, 0.717) is 6.04 Å². The predicted molar refractivity (Wildman–Crippen MR) is 71.7 cm³/mol. The van der Waals surface area contributed by atoms with E-state index in [1.165, 1.54) is 12.8 Å². The van der Waals surface area contributed by atoms with Crippen LogP contribution in [0.1, 0.15) is 47.0 Å². The molecule has 0 bridgehead atoms. The Bertz CT molecular complexity index is 271. The molecule has 0 aliphatic carbocycles. The Kier molecular flexibility index (Phi) is 5.42. The van der Waals surface area contributed by atoms with Crippen LogP contribution in [0.15, 0.2) is 0 Å². The van der Waals surface area contributed by atoms with Gasteiger partial charge >= 0.3 is 0 Å². The van der Waals surface area contributed by atoms with Crippen LogP contribution in [0.2, 0.25) is 0 Å². The van der Waals surface area contributed by atoms with Crippen LogP contribution >= 0.6 is 0 Å². The summed E-state index contributed by atoms with van der Waals surface area (Å²) in [5.41, 5.74) is -0.401. The minimum Gasteiger partial charge on any atom is -0.299 e. The summed E-state index contributed by atoms with van der Waals surface area (Å²) in [7, 11) is 0. The summed E-state index contributed by atoms with van der Waals surface area (Å²) >= 11 is 0. The molecule has 3 atom stereocenters. The van der Waals surface area contributed by atoms with Crippen molar-refractivity contribution in [2.24, 2.45) is 5.92 Å². The van der Waals surface area contributed by atoms with Crippen LogP contribution in [-0.4, -0.2) is 36.1 Å². The Morgan fingerprint density at radius 3 is 2.71 bits per heavy atom. The number of hydrogen-bond acceptors (Lipinski definition) is 3. The van der Waals surface area contributed by atoms with Crippen molar-refractivity contribution >= 4 is 0 Å². The third-order valence-corrected chi connectivity index (χ3v) is 3.78. The number of hydrogen-bond donors (Lipinski definition) is 1. The van der Waals surface area contributed by atoms with Crippen LogP contribution < -0.4 is 5.32 Å². The molecule has 1 saturated heterocycles. The summed E-state index contributed by atoms with van der Waals surface area (Å²) in [4.78, 5) is 2.47. The average Bonchev–Trinajstić information content (AvgIpc) is 2.31. The fourth-order valence-electron chi connectivity index (χ4n) is 2.54. The first kappa shape index (κ1) is 14.5. The van der Waals surface area contributed by atoms with Gasteiger partial charge in [0.25, 0.3) is 0 Å². The first-order chi connectivity index (χ1) is 8.00. The molecule has 1 N–H and O–H groups in total. The molecule has 0 aromatic heterocycles. The molecule has 3 heteroatoms. The average molecular weight is 237 g/mol. The highest BCUT2D eigenvalue weighted by molar-refractivity contribution is 5.06. The van der Waals surface area contributed by atoms with Crippen molar-refractivity contribution in [1.29, 1.82) is 5.26 Å². The van der Waals surface area contributed by atoms with Crippen LogP contribution in [0.25, 0.3) is 0 Å². The Labute approximate surface area is 106 Å². The standard InChI is InChI=1S/C14H27N3/c1-5-8-16-14(4,10-15)11-17-9-12(2)6-7-13(17)3/h12-13,16H,5-9,11H2,1-4H3. The van der Waals surface area contributed by atoms with Crippen molar-refractivity contribution in [3.05, 3.63) is 0 Å². The summed E-state index contributed by atoms with van der Waals surface area (Å²) in [5, 5.41) is 12.7. The van der Waals surface area contributed by atoms with Crippen LogP contribution in [-0.2, 0) is 0 Å². The second kappa shape index (κ2) is 6.37. The van der Waals surface area contributed by atoms with Crippen molar-refractivity contribution in [3.63, 3.8) is 0 Å². The van der Waals surface area contributed by atoms with Crippen molar-refractivity contribution in [2.75, 3.05) is 19.6 Å². The highest BCUT2D eigenvalue weighted by atomic mass is 15.2. The van der Waals surface area contributed by atoms with Gasteiger partial charge in [0.15, 0.2) is 0 Å². The highest BCUT2D eigenvalue weighted by Gasteiger charge is 2.31. The van der Waals surface area contributed by atoms with Gasteiger partial charge in [-0.1, -0.05) is 13.8 Å². The number of nitrogens with zero attached hydrogens (tertiary/aromatic N) is 2. The maximum Gasteiger partial charge on any atom is 0.116 e. The molecule has 0 aromatic rings. The van der Waals surface area contributed by atoms with Gasteiger partial charge in [-0.05, 0) is 45.6 Å². The fraction of sp³-hybridized carbons (Fsp3) is 0.929. The van der Waals surface area contributed by atoms with E-state index in [4.69, 9.17) is 0 Å². The van der Waals surface area contributed by atoms with Crippen molar-refractivity contribution in [1.82, 2.24) is 10.2 Å². The Hall–Kier alpha value is -0.590. The molecule has 0 radical (unpaired) electrons. The summed E-state index contributed by atoms with van der Waals surface area (Å²) in [5.74, 6) is 0.764. The maximum absolute atomic E-state index is 9.36. The van der Waals surface area contributed by atoms with Gasteiger partial charge in [-0.2, -0.15) is 5.26 Å². The van der Waals surface area contributed by atoms with E-state index in [9.17, 15) is 5.26 Å². The van der Waals surface area contributed by atoms with Crippen LogP contribution in [0.5, 0.6) is 0 Å². The molecular weight excluding hydrogens is 210 g/mol. The lowest BCUT2D eigenvalue weighted by Crippen LogP contribution is -2.54. The molecule has 1 fully saturated rings. The third kappa shape index (κ3) is 4.29. The third-order valence-electron chi connectivity index (χ3n) is 3.78. The largest absolute Gasteiger partial charge is 0.299 e. The molecule has 0 spiro atoms. The molecule has 1 aliphatic rings. The van der Waals surface area contributed by atoms with Crippen LogP contribution in [0, 0.1) is 17.2 Å². The minimum atomic E-state index is -0.401. The van der Waals surface area contributed by atoms with Gasteiger partial charge in [0.2, 0.25) is 0 Å². The topological polar surface area (TPSA) is 39.1 Å². The molecule has 0 amide bonds. The van der Waals surface area contributed by atoms with E-state index in [1.54, 1.807) is 0 Å². The molecule has 0 saturated carbocycles. The zero-order valence-electron chi connectivity index (χ0n) is 11.8. The van der Waals surface area contributed by atoms with Crippen LogP contribution in [0.4, 0.5) is 0 Å². The predicted octanol–water partition coefficient (Wildman–Crippen LogP) is 2.39. The van der Waals surface area contributed by atoms with Crippen molar-refractivity contribution < 1.29 is 0 Å². The molecular formula is C14H27N3. The van der Waals surface area contributed by atoms with E-state index in [1.807, 2.05) is 6.92 Å². The van der Waals surface area contributed by atoms with Gasteiger partial charge in [0.05, 0.1) is 6.07 Å². The minimum absolute atomic E-state index is 0.401. The zero-order valence-corrected chi connectivity index (χ0v) is 11.8. The first-order valence-corrected chi connectivity index (χ1v) is 6.91. The smallest absolute Gasteiger partial charge is 0.116 e. The Morgan fingerprint density at radius 1 is 1.41 bits per heavy atom. The molecule has 17 heavy (non-hydrogen) atoms. The number of likely N-dealkylation sites (tertiary alicyclic amines) is 1. The lowest BCUT2D eigenvalue weighted by Gasteiger charge is -2.40. The SMILES string of the molecule is CCCNC(C)(C#N)CN1CC(C)CCC1C.